The molecule has 0 saturated carbocycles. The molecule has 0 fully saturated rings. The van der Waals surface area contributed by atoms with E-state index in [4.69, 9.17) is 10.7 Å². The average Bonchev–Trinajstić information content (AvgIpc) is 2.98. The van der Waals surface area contributed by atoms with Gasteiger partial charge in [-0.25, -0.2) is 4.98 Å². The summed E-state index contributed by atoms with van der Waals surface area (Å²) in [5.41, 5.74) is 11.1. The lowest BCUT2D eigenvalue weighted by Crippen LogP contribution is -2.19. The molecule has 26 heavy (non-hydrogen) atoms. The van der Waals surface area contributed by atoms with Crippen LogP contribution < -0.4 is 11.1 Å². The van der Waals surface area contributed by atoms with E-state index in [-0.39, 0.29) is 11.7 Å². The van der Waals surface area contributed by atoms with Crippen molar-refractivity contribution in [2.75, 3.05) is 11.9 Å². The molecule has 1 amide bonds. The highest BCUT2D eigenvalue weighted by Crippen LogP contribution is 2.28. The average molecular weight is 348 g/mol. The van der Waals surface area contributed by atoms with E-state index in [1.165, 1.54) is 0 Å². The van der Waals surface area contributed by atoms with Crippen LogP contribution in [0.5, 0.6) is 0 Å². The van der Waals surface area contributed by atoms with Gasteiger partial charge in [-0.1, -0.05) is 0 Å². The summed E-state index contributed by atoms with van der Waals surface area (Å²) in [4.78, 5) is 28.0. The molecule has 0 spiro atoms. The minimum absolute atomic E-state index is 0.0198. The summed E-state index contributed by atoms with van der Waals surface area (Å²) in [6.07, 6.45) is 1.86. The monoisotopic (exact) mass is 348 g/mol. The number of aromatic nitrogens is 2. The van der Waals surface area contributed by atoms with Gasteiger partial charge < -0.3 is 11.1 Å². The molecule has 0 aliphatic carbocycles. The van der Waals surface area contributed by atoms with Crippen LogP contribution >= 0.6 is 0 Å². The fourth-order valence-electron chi connectivity index (χ4n) is 3.44. The zero-order valence-electron chi connectivity index (χ0n) is 14.6. The van der Waals surface area contributed by atoms with Crippen molar-refractivity contribution in [1.29, 1.82) is 0 Å². The smallest absolute Gasteiger partial charge is 0.224 e. The fraction of sp³-hybridized carbons (Fsp3) is 0.250. The minimum Gasteiger partial charge on any atom is -0.330 e. The number of carbonyl (C=O) groups is 2. The SMILES string of the molecule is CC(=O)c1ccc2c(c1)nc(CCN)n2-c1ccc2c(c1)CCC(=O)N2. The molecule has 2 aromatic carbocycles. The molecule has 3 aromatic rings. The maximum atomic E-state index is 11.7. The molecule has 0 unspecified atom stereocenters. The van der Waals surface area contributed by atoms with Crippen molar-refractivity contribution >= 4 is 28.4 Å². The van der Waals surface area contributed by atoms with Gasteiger partial charge in [0.05, 0.1) is 11.0 Å². The van der Waals surface area contributed by atoms with Gasteiger partial charge in [0.15, 0.2) is 5.78 Å². The molecule has 1 aliphatic rings. The van der Waals surface area contributed by atoms with Crippen LogP contribution in [0.2, 0.25) is 0 Å². The fourth-order valence-corrected chi connectivity index (χ4v) is 3.44. The number of imidazole rings is 1. The van der Waals surface area contributed by atoms with Gasteiger partial charge in [0.2, 0.25) is 5.91 Å². The van der Waals surface area contributed by atoms with Crippen LogP contribution in [-0.2, 0) is 17.6 Å². The third kappa shape index (κ3) is 2.78. The Morgan fingerprint density at radius 1 is 1.23 bits per heavy atom. The quantitative estimate of drug-likeness (QED) is 0.709. The van der Waals surface area contributed by atoms with Crippen molar-refractivity contribution in [1.82, 2.24) is 9.55 Å². The van der Waals surface area contributed by atoms with E-state index >= 15 is 0 Å². The molecule has 2 heterocycles. The van der Waals surface area contributed by atoms with E-state index in [2.05, 4.69) is 16.0 Å². The number of benzene rings is 2. The van der Waals surface area contributed by atoms with E-state index in [0.717, 1.165) is 40.2 Å². The van der Waals surface area contributed by atoms with Crippen LogP contribution in [0.1, 0.15) is 35.1 Å². The highest BCUT2D eigenvalue weighted by atomic mass is 16.1. The number of hydrogen-bond acceptors (Lipinski definition) is 4. The van der Waals surface area contributed by atoms with Crippen molar-refractivity contribution in [3.8, 4) is 5.69 Å². The zero-order chi connectivity index (χ0) is 18.3. The molecule has 0 atom stereocenters. The molecule has 1 aromatic heterocycles. The van der Waals surface area contributed by atoms with Crippen LogP contribution in [0, 0.1) is 0 Å². The third-order valence-corrected chi connectivity index (χ3v) is 4.74. The number of fused-ring (bicyclic) bond motifs is 2. The van der Waals surface area contributed by atoms with Gasteiger partial charge in [0.25, 0.3) is 0 Å². The molecule has 132 valence electrons. The van der Waals surface area contributed by atoms with Crippen molar-refractivity contribution in [3.05, 3.63) is 53.3 Å². The lowest BCUT2D eigenvalue weighted by atomic mass is 10.0. The molecular formula is C20H20N4O2. The summed E-state index contributed by atoms with van der Waals surface area (Å²) in [5.74, 6) is 0.938. The van der Waals surface area contributed by atoms with Crippen LogP contribution in [0.4, 0.5) is 5.69 Å². The maximum absolute atomic E-state index is 11.7. The summed E-state index contributed by atoms with van der Waals surface area (Å²) in [6.45, 7) is 2.04. The standard InChI is InChI=1S/C20H20N4O2/c1-12(25)13-2-6-18-17(11-13)22-19(8-9-21)24(18)15-4-5-16-14(10-15)3-7-20(26)23-16/h2,4-6,10-11H,3,7-9,21H2,1H3,(H,23,26). The lowest BCUT2D eigenvalue weighted by molar-refractivity contribution is -0.116. The van der Waals surface area contributed by atoms with Gasteiger partial charge in [0, 0.05) is 29.8 Å². The van der Waals surface area contributed by atoms with E-state index in [1.54, 1.807) is 6.92 Å². The number of nitrogens with zero attached hydrogens (tertiary/aromatic N) is 2. The maximum Gasteiger partial charge on any atom is 0.224 e. The number of aryl methyl sites for hydroxylation is 1. The Labute approximate surface area is 151 Å². The van der Waals surface area contributed by atoms with Crippen molar-refractivity contribution in [2.24, 2.45) is 5.73 Å². The Balaban J connectivity index is 1.88. The minimum atomic E-state index is 0.0198. The predicted molar refractivity (Wildman–Crippen MR) is 101 cm³/mol. The van der Waals surface area contributed by atoms with Gasteiger partial charge >= 0.3 is 0 Å². The van der Waals surface area contributed by atoms with Gasteiger partial charge in [0.1, 0.15) is 5.82 Å². The molecule has 0 saturated heterocycles. The second-order valence-electron chi connectivity index (χ2n) is 6.55. The molecule has 1 aliphatic heterocycles. The Bertz CT molecular complexity index is 1040. The number of hydrogen-bond donors (Lipinski definition) is 2. The van der Waals surface area contributed by atoms with Crippen molar-refractivity contribution < 1.29 is 9.59 Å². The van der Waals surface area contributed by atoms with Gasteiger partial charge in [-0.2, -0.15) is 0 Å². The number of anilines is 1. The second kappa shape index (κ2) is 6.38. The first-order valence-electron chi connectivity index (χ1n) is 8.72. The topological polar surface area (TPSA) is 90.0 Å². The van der Waals surface area contributed by atoms with Crippen molar-refractivity contribution in [2.45, 2.75) is 26.2 Å². The number of nitrogens with two attached hydrogens (primary N) is 1. The van der Waals surface area contributed by atoms with Gasteiger partial charge in [-0.05, 0) is 61.9 Å². The number of rotatable bonds is 4. The van der Waals surface area contributed by atoms with E-state index in [0.29, 0.717) is 24.9 Å². The highest BCUT2D eigenvalue weighted by Gasteiger charge is 2.18. The summed E-state index contributed by atoms with van der Waals surface area (Å²) in [7, 11) is 0. The number of amides is 1. The first-order valence-corrected chi connectivity index (χ1v) is 8.72. The summed E-state index contributed by atoms with van der Waals surface area (Å²) in [5, 5.41) is 2.91. The number of Topliss-reactive ketones (excluding diaryl/α,β-unsaturated/α-hetero) is 1. The molecule has 0 bridgehead atoms. The van der Waals surface area contributed by atoms with Crippen molar-refractivity contribution in [3.63, 3.8) is 0 Å². The summed E-state index contributed by atoms with van der Waals surface area (Å²) in [6, 6.07) is 11.6. The van der Waals surface area contributed by atoms with E-state index in [9.17, 15) is 9.59 Å². The zero-order valence-corrected chi connectivity index (χ0v) is 14.6. The first-order chi connectivity index (χ1) is 12.6. The Morgan fingerprint density at radius 3 is 2.85 bits per heavy atom. The van der Waals surface area contributed by atoms with E-state index in [1.807, 2.05) is 30.3 Å². The predicted octanol–water partition coefficient (Wildman–Crippen LogP) is 2.61. The molecular weight excluding hydrogens is 328 g/mol. The lowest BCUT2D eigenvalue weighted by Gasteiger charge is -2.18. The highest BCUT2D eigenvalue weighted by molar-refractivity contribution is 5.97. The third-order valence-electron chi connectivity index (χ3n) is 4.74. The molecule has 6 nitrogen and oxygen atoms in total. The molecule has 0 radical (unpaired) electrons. The molecule has 3 N–H and O–H groups in total. The van der Waals surface area contributed by atoms with E-state index < -0.39 is 0 Å². The Kier molecular flexibility index (Phi) is 4.05. The first kappa shape index (κ1) is 16.5. The Hall–Kier alpha value is -2.99. The number of ketones is 1. The Morgan fingerprint density at radius 2 is 2.08 bits per heavy atom. The van der Waals surface area contributed by atoms with Crippen LogP contribution in [0.15, 0.2) is 36.4 Å². The number of nitrogens with one attached hydrogen (secondary N) is 1. The van der Waals surface area contributed by atoms with Gasteiger partial charge in [-0.15, -0.1) is 0 Å². The van der Waals surface area contributed by atoms with Crippen LogP contribution in [0.3, 0.4) is 0 Å². The second-order valence-corrected chi connectivity index (χ2v) is 6.55. The molecule has 6 heteroatoms. The van der Waals surface area contributed by atoms with Crippen LogP contribution in [0.25, 0.3) is 16.7 Å². The summed E-state index contributed by atoms with van der Waals surface area (Å²) >= 11 is 0. The number of carbonyl (C=O) groups excluding carboxylic acids is 2. The normalized spacial score (nSPS) is 13.5. The summed E-state index contributed by atoms with van der Waals surface area (Å²) < 4.78 is 2.09. The molecule has 4 rings (SSSR count). The van der Waals surface area contributed by atoms with Gasteiger partial charge in [-0.3, -0.25) is 14.2 Å². The van der Waals surface area contributed by atoms with Crippen LogP contribution in [-0.4, -0.2) is 27.8 Å². The largest absolute Gasteiger partial charge is 0.330 e.